The van der Waals surface area contributed by atoms with Crippen LogP contribution in [-0.2, 0) is 6.54 Å². The molecule has 1 aromatic carbocycles. The molecule has 0 aliphatic heterocycles. The SMILES string of the molecule is CNC1CCC(CNCc2ccc(F)cc2)CC1. The third kappa shape index (κ3) is 4.07. The molecule has 1 saturated carbocycles. The number of rotatable bonds is 5. The van der Waals surface area contributed by atoms with Crippen LogP contribution in [-0.4, -0.2) is 19.6 Å². The Morgan fingerprint density at radius 1 is 1.11 bits per heavy atom. The van der Waals surface area contributed by atoms with Gasteiger partial charge in [0.2, 0.25) is 0 Å². The molecule has 1 aliphatic carbocycles. The molecule has 2 N–H and O–H groups in total. The summed E-state index contributed by atoms with van der Waals surface area (Å²) in [4.78, 5) is 0. The highest BCUT2D eigenvalue weighted by atomic mass is 19.1. The molecule has 0 bridgehead atoms. The van der Waals surface area contributed by atoms with E-state index in [1.54, 1.807) is 0 Å². The van der Waals surface area contributed by atoms with Gasteiger partial charge in [0.15, 0.2) is 0 Å². The van der Waals surface area contributed by atoms with Crippen LogP contribution < -0.4 is 10.6 Å². The van der Waals surface area contributed by atoms with Crippen molar-refractivity contribution in [3.05, 3.63) is 35.6 Å². The summed E-state index contributed by atoms with van der Waals surface area (Å²) in [6.07, 6.45) is 5.20. The van der Waals surface area contributed by atoms with Gasteiger partial charge in [-0.15, -0.1) is 0 Å². The van der Waals surface area contributed by atoms with Crippen LogP contribution in [0.4, 0.5) is 4.39 Å². The molecule has 1 fully saturated rings. The van der Waals surface area contributed by atoms with Gasteiger partial charge in [0, 0.05) is 12.6 Å². The number of halogens is 1. The van der Waals surface area contributed by atoms with E-state index in [1.165, 1.54) is 37.8 Å². The average Bonchev–Trinajstić information content (AvgIpc) is 2.42. The van der Waals surface area contributed by atoms with E-state index in [0.717, 1.165) is 30.6 Å². The average molecular weight is 250 g/mol. The van der Waals surface area contributed by atoms with Crippen LogP contribution in [0.2, 0.25) is 0 Å². The van der Waals surface area contributed by atoms with Crippen LogP contribution in [0.5, 0.6) is 0 Å². The Bertz CT molecular complexity index is 342. The van der Waals surface area contributed by atoms with Crippen LogP contribution in [0.15, 0.2) is 24.3 Å². The molecule has 100 valence electrons. The molecular weight excluding hydrogens is 227 g/mol. The lowest BCUT2D eigenvalue weighted by Gasteiger charge is -2.28. The lowest BCUT2D eigenvalue weighted by molar-refractivity contribution is 0.292. The van der Waals surface area contributed by atoms with Gasteiger partial charge in [-0.05, 0) is 62.9 Å². The Kier molecular flexibility index (Phi) is 5.14. The molecule has 0 radical (unpaired) electrons. The third-order valence-electron chi connectivity index (χ3n) is 3.93. The highest BCUT2D eigenvalue weighted by Gasteiger charge is 2.19. The van der Waals surface area contributed by atoms with E-state index < -0.39 is 0 Å². The highest BCUT2D eigenvalue weighted by Crippen LogP contribution is 2.23. The predicted octanol–water partition coefficient (Wildman–Crippen LogP) is 2.69. The normalized spacial score (nSPS) is 24.1. The second kappa shape index (κ2) is 6.86. The molecule has 0 heterocycles. The fourth-order valence-electron chi connectivity index (χ4n) is 2.68. The minimum absolute atomic E-state index is 0.163. The van der Waals surface area contributed by atoms with Crippen LogP contribution in [0.1, 0.15) is 31.2 Å². The fraction of sp³-hybridized carbons (Fsp3) is 0.600. The van der Waals surface area contributed by atoms with Gasteiger partial charge >= 0.3 is 0 Å². The molecular formula is C15H23FN2. The number of hydrogen-bond acceptors (Lipinski definition) is 2. The molecule has 0 saturated heterocycles. The number of nitrogens with one attached hydrogen (secondary N) is 2. The van der Waals surface area contributed by atoms with Gasteiger partial charge < -0.3 is 10.6 Å². The van der Waals surface area contributed by atoms with E-state index in [2.05, 4.69) is 17.7 Å². The van der Waals surface area contributed by atoms with Crippen molar-refractivity contribution in [2.75, 3.05) is 13.6 Å². The quantitative estimate of drug-likeness (QED) is 0.839. The summed E-state index contributed by atoms with van der Waals surface area (Å²) in [7, 11) is 2.05. The first-order valence-electron chi connectivity index (χ1n) is 6.90. The van der Waals surface area contributed by atoms with Crippen molar-refractivity contribution in [1.29, 1.82) is 0 Å². The molecule has 1 aliphatic rings. The van der Waals surface area contributed by atoms with Gasteiger partial charge in [-0.25, -0.2) is 4.39 Å². The molecule has 0 spiro atoms. The predicted molar refractivity (Wildman–Crippen MR) is 72.9 cm³/mol. The molecule has 1 aromatic rings. The van der Waals surface area contributed by atoms with Gasteiger partial charge in [-0.2, -0.15) is 0 Å². The second-order valence-corrected chi connectivity index (χ2v) is 5.26. The third-order valence-corrected chi connectivity index (χ3v) is 3.93. The van der Waals surface area contributed by atoms with Gasteiger partial charge in [-0.1, -0.05) is 12.1 Å². The van der Waals surface area contributed by atoms with Gasteiger partial charge in [-0.3, -0.25) is 0 Å². The van der Waals surface area contributed by atoms with E-state index in [0.29, 0.717) is 0 Å². The molecule has 0 amide bonds. The monoisotopic (exact) mass is 250 g/mol. The lowest BCUT2D eigenvalue weighted by atomic mass is 9.86. The summed E-state index contributed by atoms with van der Waals surface area (Å²) in [6, 6.07) is 7.46. The summed E-state index contributed by atoms with van der Waals surface area (Å²) in [5.74, 6) is 0.638. The Labute approximate surface area is 109 Å². The molecule has 2 nitrogen and oxygen atoms in total. The topological polar surface area (TPSA) is 24.1 Å². The van der Waals surface area contributed by atoms with Crippen molar-refractivity contribution in [1.82, 2.24) is 10.6 Å². The first kappa shape index (κ1) is 13.5. The summed E-state index contributed by atoms with van der Waals surface area (Å²) < 4.78 is 12.7. The van der Waals surface area contributed by atoms with Gasteiger partial charge in [0.1, 0.15) is 5.82 Å². The molecule has 0 atom stereocenters. The first-order chi connectivity index (χ1) is 8.78. The summed E-state index contributed by atoms with van der Waals surface area (Å²) in [6.45, 7) is 1.92. The minimum Gasteiger partial charge on any atom is -0.317 e. The van der Waals surface area contributed by atoms with E-state index >= 15 is 0 Å². The molecule has 2 rings (SSSR count). The minimum atomic E-state index is -0.163. The zero-order chi connectivity index (χ0) is 12.8. The number of benzene rings is 1. The molecule has 18 heavy (non-hydrogen) atoms. The van der Waals surface area contributed by atoms with Crippen molar-refractivity contribution in [3.8, 4) is 0 Å². The number of hydrogen-bond donors (Lipinski definition) is 2. The standard InChI is InChI=1S/C15H23FN2/c1-17-15-8-4-13(5-9-15)11-18-10-12-2-6-14(16)7-3-12/h2-3,6-7,13,15,17-18H,4-5,8-11H2,1H3. The van der Waals surface area contributed by atoms with Crippen LogP contribution in [0.3, 0.4) is 0 Å². The van der Waals surface area contributed by atoms with Crippen molar-refractivity contribution < 1.29 is 4.39 Å². The summed E-state index contributed by atoms with van der Waals surface area (Å²) in [5, 5.41) is 6.84. The highest BCUT2D eigenvalue weighted by molar-refractivity contribution is 5.15. The molecule has 0 aromatic heterocycles. The summed E-state index contributed by atoms with van der Waals surface area (Å²) in [5.41, 5.74) is 1.15. The lowest BCUT2D eigenvalue weighted by Crippen LogP contribution is -2.33. The Morgan fingerprint density at radius 2 is 1.78 bits per heavy atom. The zero-order valence-corrected chi connectivity index (χ0v) is 11.1. The van der Waals surface area contributed by atoms with Crippen molar-refractivity contribution >= 4 is 0 Å². The van der Waals surface area contributed by atoms with Crippen LogP contribution in [0, 0.1) is 11.7 Å². The maximum Gasteiger partial charge on any atom is 0.123 e. The van der Waals surface area contributed by atoms with Crippen LogP contribution >= 0.6 is 0 Å². The Balaban J connectivity index is 1.65. The van der Waals surface area contributed by atoms with Crippen LogP contribution in [0.25, 0.3) is 0 Å². The first-order valence-corrected chi connectivity index (χ1v) is 6.90. The Hall–Kier alpha value is -0.930. The van der Waals surface area contributed by atoms with E-state index in [4.69, 9.17) is 0 Å². The maximum atomic E-state index is 12.7. The maximum absolute atomic E-state index is 12.7. The van der Waals surface area contributed by atoms with E-state index in [1.807, 2.05) is 12.1 Å². The van der Waals surface area contributed by atoms with Crippen molar-refractivity contribution in [2.24, 2.45) is 5.92 Å². The van der Waals surface area contributed by atoms with Crippen molar-refractivity contribution in [2.45, 2.75) is 38.3 Å². The molecule has 3 heteroatoms. The molecule has 0 unspecified atom stereocenters. The largest absolute Gasteiger partial charge is 0.317 e. The van der Waals surface area contributed by atoms with Gasteiger partial charge in [0.25, 0.3) is 0 Å². The second-order valence-electron chi connectivity index (χ2n) is 5.26. The Morgan fingerprint density at radius 3 is 2.39 bits per heavy atom. The summed E-state index contributed by atoms with van der Waals surface area (Å²) >= 11 is 0. The zero-order valence-electron chi connectivity index (χ0n) is 11.1. The van der Waals surface area contributed by atoms with Gasteiger partial charge in [0.05, 0.1) is 0 Å². The smallest absolute Gasteiger partial charge is 0.123 e. The fourth-order valence-corrected chi connectivity index (χ4v) is 2.68. The van der Waals surface area contributed by atoms with E-state index in [-0.39, 0.29) is 5.82 Å². The van der Waals surface area contributed by atoms with E-state index in [9.17, 15) is 4.39 Å². The van der Waals surface area contributed by atoms with Crippen molar-refractivity contribution in [3.63, 3.8) is 0 Å².